The van der Waals surface area contributed by atoms with E-state index in [2.05, 4.69) is 10.1 Å². The van der Waals surface area contributed by atoms with Crippen LogP contribution in [-0.4, -0.2) is 32.2 Å². The number of alkyl halides is 2. The second-order valence-corrected chi connectivity index (χ2v) is 5.79. The van der Waals surface area contributed by atoms with E-state index < -0.39 is 25.1 Å². The number of anilines is 1. The van der Waals surface area contributed by atoms with Crippen LogP contribution in [0.4, 0.5) is 14.5 Å². The number of halogens is 2. The lowest BCUT2D eigenvalue weighted by Crippen LogP contribution is -2.28. The minimum absolute atomic E-state index is 0.0825. The van der Waals surface area contributed by atoms with Crippen molar-refractivity contribution in [3.05, 3.63) is 53.1 Å². The van der Waals surface area contributed by atoms with Crippen LogP contribution in [0.15, 0.2) is 36.4 Å². The summed E-state index contributed by atoms with van der Waals surface area (Å²) in [6.45, 7) is -1.56. The summed E-state index contributed by atoms with van der Waals surface area (Å²) in [4.78, 5) is 23.8. The third kappa shape index (κ3) is 5.83. The highest BCUT2D eigenvalue weighted by Gasteiger charge is 2.13. The van der Waals surface area contributed by atoms with Gasteiger partial charge in [-0.3, -0.25) is 4.79 Å². The first-order valence-electron chi connectivity index (χ1n) is 8.22. The zero-order chi connectivity index (χ0) is 20.7. The van der Waals surface area contributed by atoms with E-state index in [1.54, 1.807) is 19.1 Å². The predicted octanol–water partition coefficient (Wildman–Crippen LogP) is 2.66. The van der Waals surface area contributed by atoms with Crippen molar-refractivity contribution in [2.45, 2.75) is 20.1 Å². The van der Waals surface area contributed by atoms with E-state index in [1.165, 1.54) is 31.4 Å². The molecule has 0 heterocycles. The van der Waals surface area contributed by atoms with Crippen molar-refractivity contribution >= 4 is 17.6 Å². The maximum absolute atomic E-state index is 12.3. The molecule has 2 rings (SSSR count). The summed E-state index contributed by atoms with van der Waals surface area (Å²) in [6, 6.07) is 8.99. The summed E-state index contributed by atoms with van der Waals surface area (Å²) in [5.74, 6) is -1.20. The fraction of sp³-hybridized carbons (Fsp3) is 0.263. The number of hydrogen-bond acceptors (Lipinski definition) is 6. The van der Waals surface area contributed by atoms with Crippen molar-refractivity contribution in [1.82, 2.24) is 5.32 Å². The van der Waals surface area contributed by atoms with Crippen LogP contribution in [0.3, 0.4) is 0 Å². The molecule has 7 nitrogen and oxygen atoms in total. The normalized spacial score (nSPS) is 10.5. The third-order valence-corrected chi connectivity index (χ3v) is 3.78. The average molecular weight is 394 g/mol. The first kappa shape index (κ1) is 20.9. The molecule has 2 aromatic carbocycles. The molecule has 0 aliphatic heterocycles. The van der Waals surface area contributed by atoms with E-state index in [9.17, 15) is 18.4 Å². The Balaban J connectivity index is 1.86. The molecule has 0 spiro atoms. The van der Waals surface area contributed by atoms with Gasteiger partial charge >= 0.3 is 12.6 Å². The summed E-state index contributed by atoms with van der Waals surface area (Å²) in [7, 11) is 1.31. The maximum Gasteiger partial charge on any atom is 0.387 e. The molecule has 0 unspecified atom stereocenters. The van der Waals surface area contributed by atoms with Crippen LogP contribution in [0.2, 0.25) is 0 Å². The Labute approximate surface area is 160 Å². The standard InChI is InChI=1S/C19H20F2N2O5/c1-11-3-5-13(8-14(11)22)18(25)27-10-17(24)23-9-12-4-6-15(28-19(20)21)16(7-12)26-2/h3-8,19H,9-10,22H2,1-2H3,(H,23,24). The van der Waals surface area contributed by atoms with Gasteiger partial charge in [0.05, 0.1) is 12.7 Å². The van der Waals surface area contributed by atoms with Crippen LogP contribution >= 0.6 is 0 Å². The molecule has 150 valence electrons. The van der Waals surface area contributed by atoms with E-state index >= 15 is 0 Å². The molecule has 28 heavy (non-hydrogen) atoms. The Hall–Kier alpha value is -3.36. The number of esters is 1. The second kappa shape index (κ2) is 9.54. The lowest BCUT2D eigenvalue weighted by Gasteiger charge is -2.12. The van der Waals surface area contributed by atoms with Gasteiger partial charge in [0.25, 0.3) is 5.91 Å². The van der Waals surface area contributed by atoms with Gasteiger partial charge in [-0.1, -0.05) is 12.1 Å². The van der Waals surface area contributed by atoms with Crippen LogP contribution in [0, 0.1) is 6.92 Å². The van der Waals surface area contributed by atoms with E-state index in [4.69, 9.17) is 15.2 Å². The first-order chi connectivity index (χ1) is 13.3. The van der Waals surface area contributed by atoms with E-state index in [-0.39, 0.29) is 23.6 Å². The highest BCUT2D eigenvalue weighted by Crippen LogP contribution is 2.29. The molecule has 9 heteroatoms. The maximum atomic E-state index is 12.3. The zero-order valence-electron chi connectivity index (χ0n) is 15.3. The molecule has 3 N–H and O–H groups in total. The summed E-state index contributed by atoms with van der Waals surface area (Å²) in [5, 5.41) is 2.55. The molecule has 0 fully saturated rings. The minimum atomic E-state index is -2.97. The van der Waals surface area contributed by atoms with Gasteiger partial charge in [-0.15, -0.1) is 0 Å². The summed E-state index contributed by atoms with van der Waals surface area (Å²) >= 11 is 0. The van der Waals surface area contributed by atoms with Crippen LogP contribution < -0.4 is 20.5 Å². The third-order valence-electron chi connectivity index (χ3n) is 3.78. The molecular weight excluding hydrogens is 374 g/mol. The Morgan fingerprint density at radius 1 is 1.14 bits per heavy atom. The van der Waals surface area contributed by atoms with Gasteiger partial charge in [0.2, 0.25) is 0 Å². The fourth-order valence-electron chi connectivity index (χ4n) is 2.25. The number of carbonyl (C=O) groups excluding carboxylic acids is 2. The summed E-state index contributed by atoms with van der Waals surface area (Å²) < 4.78 is 38.9. The minimum Gasteiger partial charge on any atom is -0.493 e. The van der Waals surface area contributed by atoms with Gasteiger partial charge in [0.15, 0.2) is 18.1 Å². The van der Waals surface area contributed by atoms with E-state index in [0.717, 1.165) is 5.56 Å². The van der Waals surface area contributed by atoms with Crippen molar-refractivity contribution in [2.24, 2.45) is 0 Å². The van der Waals surface area contributed by atoms with Crippen LogP contribution in [0.25, 0.3) is 0 Å². The van der Waals surface area contributed by atoms with Crippen molar-refractivity contribution in [1.29, 1.82) is 0 Å². The number of amides is 1. The molecule has 0 aromatic heterocycles. The smallest absolute Gasteiger partial charge is 0.387 e. The van der Waals surface area contributed by atoms with Gasteiger partial charge in [-0.05, 0) is 42.3 Å². The van der Waals surface area contributed by atoms with Crippen molar-refractivity contribution in [3.63, 3.8) is 0 Å². The summed E-state index contributed by atoms with van der Waals surface area (Å²) in [6.07, 6.45) is 0. The largest absolute Gasteiger partial charge is 0.493 e. The molecule has 1 amide bonds. The fourth-order valence-corrected chi connectivity index (χ4v) is 2.25. The Morgan fingerprint density at radius 3 is 2.54 bits per heavy atom. The highest BCUT2D eigenvalue weighted by atomic mass is 19.3. The highest BCUT2D eigenvalue weighted by molar-refractivity contribution is 5.92. The Bertz CT molecular complexity index is 858. The quantitative estimate of drug-likeness (QED) is 0.528. The number of ether oxygens (including phenoxy) is 3. The first-order valence-corrected chi connectivity index (χ1v) is 8.22. The number of nitrogens with one attached hydrogen (secondary N) is 1. The van der Waals surface area contributed by atoms with Gasteiger partial charge in [0, 0.05) is 12.2 Å². The van der Waals surface area contributed by atoms with E-state index in [0.29, 0.717) is 11.3 Å². The molecule has 0 saturated carbocycles. The number of aryl methyl sites for hydroxylation is 1. The van der Waals surface area contributed by atoms with Crippen LogP contribution in [0.5, 0.6) is 11.5 Å². The molecule has 0 bridgehead atoms. The topological polar surface area (TPSA) is 99.9 Å². The van der Waals surface area contributed by atoms with Crippen LogP contribution in [0.1, 0.15) is 21.5 Å². The molecule has 0 atom stereocenters. The number of methoxy groups -OCH3 is 1. The van der Waals surface area contributed by atoms with Gasteiger partial charge in [0.1, 0.15) is 0 Å². The molecular formula is C19H20F2N2O5. The molecule has 0 aliphatic rings. The Morgan fingerprint density at radius 2 is 1.89 bits per heavy atom. The van der Waals surface area contributed by atoms with Crippen molar-refractivity contribution < 1.29 is 32.6 Å². The number of carbonyl (C=O) groups is 2. The van der Waals surface area contributed by atoms with Gasteiger partial charge in [-0.25, -0.2) is 4.79 Å². The van der Waals surface area contributed by atoms with Crippen LogP contribution in [-0.2, 0) is 16.1 Å². The Kier molecular flexibility index (Phi) is 7.14. The van der Waals surface area contributed by atoms with E-state index in [1.807, 2.05) is 0 Å². The molecule has 0 saturated heterocycles. The number of rotatable bonds is 8. The molecule has 2 aromatic rings. The monoisotopic (exact) mass is 394 g/mol. The lowest BCUT2D eigenvalue weighted by atomic mass is 10.1. The SMILES string of the molecule is COc1cc(CNC(=O)COC(=O)c2ccc(C)c(N)c2)ccc1OC(F)F. The van der Waals surface area contributed by atoms with Crippen molar-refractivity contribution in [3.8, 4) is 11.5 Å². The predicted molar refractivity (Wildman–Crippen MR) is 97.3 cm³/mol. The number of nitrogen functional groups attached to an aromatic ring is 1. The van der Waals surface area contributed by atoms with Gasteiger partial charge < -0.3 is 25.3 Å². The second-order valence-electron chi connectivity index (χ2n) is 5.79. The summed E-state index contributed by atoms with van der Waals surface area (Å²) in [5.41, 5.74) is 7.85. The number of hydrogen-bond donors (Lipinski definition) is 2. The lowest BCUT2D eigenvalue weighted by molar-refractivity contribution is -0.124. The molecule has 0 radical (unpaired) electrons. The average Bonchev–Trinajstić information content (AvgIpc) is 2.66. The number of nitrogens with two attached hydrogens (primary N) is 1. The number of benzene rings is 2. The zero-order valence-corrected chi connectivity index (χ0v) is 15.3. The molecule has 0 aliphatic carbocycles. The van der Waals surface area contributed by atoms with Gasteiger partial charge in [-0.2, -0.15) is 8.78 Å². The van der Waals surface area contributed by atoms with Crippen molar-refractivity contribution in [2.75, 3.05) is 19.5 Å².